The molecule has 0 unspecified atom stereocenters. The van der Waals surface area contributed by atoms with Crippen molar-refractivity contribution in [1.82, 2.24) is 25.9 Å². The molecule has 14 heteroatoms. The van der Waals surface area contributed by atoms with E-state index in [0.717, 1.165) is 10.3 Å². The number of guanidine groups is 1. The SMILES string of the molecule is CCC[C@H](NC(=O)[C@H](Cc1cscn1)NC(=O)CCc1ccccc1)C(=O)N[C@@H](CCCN=C(N)N)C(=O)c1nc2ccccc2s1. The Labute approximate surface area is 281 Å². The van der Waals surface area contributed by atoms with E-state index in [9.17, 15) is 19.2 Å². The number of hydrogen-bond acceptors (Lipinski definition) is 9. The zero-order chi connectivity index (χ0) is 33.6. The van der Waals surface area contributed by atoms with Crippen LogP contribution in [-0.4, -0.2) is 64.1 Å². The Hall–Kier alpha value is -4.69. The number of para-hydroxylation sites is 1. The number of rotatable bonds is 18. The average Bonchev–Trinajstić information content (AvgIpc) is 3.75. The number of carbonyl (C=O) groups excluding carboxylic acids is 4. The van der Waals surface area contributed by atoms with Crippen molar-refractivity contribution in [3.8, 4) is 0 Å². The van der Waals surface area contributed by atoms with Crippen molar-refractivity contribution < 1.29 is 19.2 Å². The first kappa shape index (κ1) is 35.2. The number of amides is 3. The van der Waals surface area contributed by atoms with Crippen LogP contribution in [0.3, 0.4) is 0 Å². The number of aryl methyl sites for hydroxylation is 1. The molecule has 0 saturated heterocycles. The Balaban J connectivity index is 1.47. The van der Waals surface area contributed by atoms with E-state index in [1.165, 1.54) is 22.7 Å². The molecular formula is C33H40N8O4S2. The van der Waals surface area contributed by atoms with E-state index >= 15 is 0 Å². The van der Waals surface area contributed by atoms with Crippen molar-refractivity contribution in [1.29, 1.82) is 0 Å². The van der Waals surface area contributed by atoms with Crippen LogP contribution in [-0.2, 0) is 27.2 Å². The minimum absolute atomic E-state index is 0.0619. The first-order valence-corrected chi connectivity index (χ1v) is 17.3. The number of nitrogens with one attached hydrogen (secondary N) is 3. The monoisotopic (exact) mass is 676 g/mol. The number of hydrogen-bond donors (Lipinski definition) is 5. The Morgan fingerprint density at radius 2 is 1.62 bits per heavy atom. The van der Waals surface area contributed by atoms with Gasteiger partial charge in [-0.05, 0) is 43.4 Å². The first-order valence-electron chi connectivity index (χ1n) is 15.5. The molecule has 4 aromatic rings. The molecule has 7 N–H and O–H groups in total. The van der Waals surface area contributed by atoms with E-state index in [0.29, 0.717) is 36.9 Å². The van der Waals surface area contributed by atoms with Crippen molar-refractivity contribution in [3.63, 3.8) is 0 Å². The van der Waals surface area contributed by atoms with Crippen molar-refractivity contribution >= 4 is 62.4 Å². The zero-order valence-corrected chi connectivity index (χ0v) is 27.8. The van der Waals surface area contributed by atoms with Gasteiger partial charge in [-0.2, -0.15) is 0 Å². The van der Waals surface area contributed by atoms with Gasteiger partial charge in [0.15, 0.2) is 11.0 Å². The molecule has 2 heterocycles. The van der Waals surface area contributed by atoms with Gasteiger partial charge in [-0.3, -0.25) is 24.2 Å². The molecule has 3 atom stereocenters. The Morgan fingerprint density at radius 3 is 2.32 bits per heavy atom. The van der Waals surface area contributed by atoms with Crippen LogP contribution in [0, 0.1) is 0 Å². The molecule has 0 aliphatic rings. The molecule has 47 heavy (non-hydrogen) atoms. The molecule has 4 rings (SSSR count). The van der Waals surface area contributed by atoms with E-state index in [-0.39, 0.29) is 48.5 Å². The predicted octanol–water partition coefficient (Wildman–Crippen LogP) is 3.12. The lowest BCUT2D eigenvalue weighted by molar-refractivity contribution is -0.132. The number of aromatic nitrogens is 2. The van der Waals surface area contributed by atoms with Crippen molar-refractivity contribution in [2.24, 2.45) is 16.5 Å². The van der Waals surface area contributed by atoms with Gasteiger partial charge in [-0.25, -0.2) is 9.97 Å². The number of fused-ring (bicyclic) bond motifs is 1. The normalized spacial score (nSPS) is 12.9. The number of thiazole rings is 2. The summed E-state index contributed by atoms with van der Waals surface area (Å²) in [6.45, 7) is 2.17. The van der Waals surface area contributed by atoms with Gasteiger partial charge < -0.3 is 27.4 Å². The summed E-state index contributed by atoms with van der Waals surface area (Å²) < 4.78 is 0.856. The van der Waals surface area contributed by atoms with Gasteiger partial charge in [-0.15, -0.1) is 22.7 Å². The lowest BCUT2D eigenvalue weighted by atomic mass is 10.0. The highest BCUT2D eigenvalue weighted by Crippen LogP contribution is 2.23. The fraction of sp³-hybridized carbons (Fsp3) is 0.364. The third-order valence-corrected chi connectivity index (χ3v) is 9.01. The molecule has 0 saturated carbocycles. The number of ketones is 1. The molecular weight excluding hydrogens is 637 g/mol. The molecule has 12 nitrogen and oxygen atoms in total. The van der Waals surface area contributed by atoms with Gasteiger partial charge in [0.2, 0.25) is 23.5 Å². The van der Waals surface area contributed by atoms with E-state index in [4.69, 9.17) is 11.5 Å². The van der Waals surface area contributed by atoms with Crippen LogP contribution < -0.4 is 27.4 Å². The average molecular weight is 677 g/mol. The van der Waals surface area contributed by atoms with E-state index in [1.54, 1.807) is 5.51 Å². The van der Waals surface area contributed by atoms with E-state index in [2.05, 4.69) is 30.9 Å². The molecule has 3 amide bonds. The molecule has 0 aliphatic heterocycles. The summed E-state index contributed by atoms with van der Waals surface area (Å²) >= 11 is 2.64. The van der Waals surface area contributed by atoms with Crippen LogP contribution in [0.25, 0.3) is 10.2 Å². The first-order chi connectivity index (χ1) is 22.7. The van der Waals surface area contributed by atoms with Gasteiger partial charge >= 0.3 is 0 Å². The molecule has 2 aromatic heterocycles. The van der Waals surface area contributed by atoms with Gasteiger partial charge in [0, 0.05) is 24.8 Å². The Morgan fingerprint density at radius 1 is 0.894 bits per heavy atom. The number of benzene rings is 2. The van der Waals surface area contributed by atoms with Crippen LogP contribution in [0.4, 0.5) is 0 Å². The lowest BCUT2D eigenvalue weighted by Crippen LogP contribution is -2.56. The third-order valence-electron chi connectivity index (χ3n) is 7.33. The summed E-state index contributed by atoms with van der Waals surface area (Å²) in [5.74, 6) is -1.71. The van der Waals surface area contributed by atoms with Crippen LogP contribution >= 0.6 is 22.7 Å². The van der Waals surface area contributed by atoms with Gasteiger partial charge in [0.1, 0.15) is 12.1 Å². The highest BCUT2D eigenvalue weighted by Gasteiger charge is 2.31. The number of nitrogens with zero attached hydrogens (tertiary/aromatic N) is 3. The summed E-state index contributed by atoms with van der Waals surface area (Å²) in [7, 11) is 0. The Bertz CT molecular complexity index is 1620. The lowest BCUT2D eigenvalue weighted by Gasteiger charge is -2.25. The van der Waals surface area contributed by atoms with E-state index < -0.39 is 29.9 Å². The van der Waals surface area contributed by atoms with Crippen LogP contribution in [0.1, 0.15) is 60.1 Å². The zero-order valence-electron chi connectivity index (χ0n) is 26.2. The highest BCUT2D eigenvalue weighted by atomic mass is 32.1. The van der Waals surface area contributed by atoms with E-state index in [1.807, 2.05) is 66.9 Å². The summed E-state index contributed by atoms with van der Waals surface area (Å²) in [6, 6.07) is 14.2. The maximum absolute atomic E-state index is 13.7. The second-order valence-corrected chi connectivity index (χ2v) is 12.7. The molecule has 248 valence electrons. The van der Waals surface area contributed by atoms with Crippen LogP contribution in [0.15, 0.2) is 70.5 Å². The molecule has 0 aliphatic carbocycles. The van der Waals surface area contributed by atoms with Crippen molar-refractivity contribution in [2.45, 2.75) is 70.0 Å². The van der Waals surface area contributed by atoms with Crippen LogP contribution in [0.2, 0.25) is 0 Å². The second kappa shape index (κ2) is 17.9. The molecule has 2 aromatic carbocycles. The summed E-state index contributed by atoms with van der Waals surface area (Å²) in [6.07, 6.45) is 2.46. The Kier molecular flexibility index (Phi) is 13.4. The molecule has 0 spiro atoms. The van der Waals surface area contributed by atoms with Crippen molar-refractivity contribution in [3.05, 3.63) is 81.8 Å². The summed E-state index contributed by atoms with van der Waals surface area (Å²) in [5, 5.41) is 10.6. The number of carbonyl (C=O) groups is 4. The van der Waals surface area contributed by atoms with Gasteiger partial charge in [0.05, 0.1) is 27.5 Å². The number of aliphatic imine (C=N–C) groups is 1. The maximum Gasteiger partial charge on any atom is 0.243 e. The summed E-state index contributed by atoms with van der Waals surface area (Å²) in [4.78, 5) is 66.7. The predicted molar refractivity (Wildman–Crippen MR) is 185 cm³/mol. The number of Topliss-reactive ketones (excluding diaryl/α,β-unsaturated/α-hetero) is 1. The minimum atomic E-state index is -0.952. The maximum atomic E-state index is 13.7. The van der Waals surface area contributed by atoms with Crippen LogP contribution in [0.5, 0.6) is 0 Å². The number of nitrogens with two attached hydrogens (primary N) is 2. The fourth-order valence-corrected chi connectivity index (χ4v) is 6.46. The van der Waals surface area contributed by atoms with Gasteiger partial charge in [0.25, 0.3) is 0 Å². The summed E-state index contributed by atoms with van der Waals surface area (Å²) in [5.41, 5.74) is 14.9. The van der Waals surface area contributed by atoms with Gasteiger partial charge in [-0.1, -0.05) is 55.8 Å². The molecule has 0 radical (unpaired) electrons. The fourth-order valence-electron chi connectivity index (χ4n) is 4.93. The smallest absolute Gasteiger partial charge is 0.243 e. The third kappa shape index (κ3) is 11.0. The van der Waals surface area contributed by atoms with Crippen molar-refractivity contribution in [2.75, 3.05) is 6.54 Å². The topological polar surface area (TPSA) is 195 Å². The largest absolute Gasteiger partial charge is 0.370 e. The molecule has 0 fully saturated rings. The minimum Gasteiger partial charge on any atom is -0.370 e. The standard InChI is InChI=1S/C33H40N8O4S2/c1-2-9-25(40-31(45)26(18-22-19-46-20-37-22)38-28(42)16-15-21-10-4-3-5-11-21)30(44)39-24(13-8-17-36-33(34)35)29(43)32-41-23-12-6-7-14-27(23)47-32/h3-7,10-12,14,19-20,24-26H,2,8-9,13,15-18H2,1H3,(H,38,42)(H,39,44)(H,40,45)(H4,34,35,36)/t24-,25-,26-/m0/s1. The highest BCUT2D eigenvalue weighted by molar-refractivity contribution is 7.20. The molecule has 0 bridgehead atoms. The second-order valence-electron chi connectivity index (χ2n) is 11.0. The quantitative estimate of drug-likeness (QED) is 0.0459.